The van der Waals surface area contributed by atoms with Crippen molar-refractivity contribution < 1.29 is 0 Å². The fourth-order valence-corrected chi connectivity index (χ4v) is 2.94. The van der Waals surface area contributed by atoms with Gasteiger partial charge in [-0.05, 0) is 22.1 Å². The molecule has 0 heterocycles. The Balaban J connectivity index is 2.59. The van der Waals surface area contributed by atoms with E-state index in [1.165, 1.54) is 5.56 Å². The van der Waals surface area contributed by atoms with E-state index in [0.29, 0.717) is 0 Å². The molecular weight excluding hydrogens is 268 g/mol. The standard InChI is InChI=1S/C17H18ClSi/c1-16(2,3)14-11-7-8-12-15(14)17(18,19)13-9-5-4-6-10-13/h4-12H,1-3H3. The monoisotopic (exact) mass is 285 g/mol. The zero-order valence-corrected chi connectivity index (χ0v) is 13.3. The molecule has 0 N–H and O–H groups in total. The quantitative estimate of drug-likeness (QED) is 0.559. The van der Waals surface area contributed by atoms with E-state index in [1.807, 2.05) is 36.4 Å². The first-order valence-corrected chi connectivity index (χ1v) is 7.30. The third kappa shape index (κ3) is 2.93. The van der Waals surface area contributed by atoms with Gasteiger partial charge in [-0.2, -0.15) is 0 Å². The SMILES string of the molecule is CC(C)(C)c1ccccc1C([Si])(Cl)c1ccccc1. The van der Waals surface area contributed by atoms with Gasteiger partial charge >= 0.3 is 0 Å². The van der Waals surface area contributed by atoms with E-state index >= 15 is 0 Å². The summed E-state index contributed by atoms with van der Waals surface area (Å²) in [6.45, 7) is 6.61. The summed E-state index contributed by atoms with van der Waals surface area (Å²) in [5.74, 6) is 0. The maximum atomic E-state index is 6.81. The molecule has 2 aromatic carbocycles. The van der Waals surface area contributed by atoms with Gasteiger partial charge in [0.25, 0.3) is 0 Å². The van der Waals surface area contributed by atoms with Crippen molar-refractivity contribution in [3.8, 4) is 0 Å². The Labute approximate surface area is 124 Å². The largest absolute Gasteiger partial charge is 0.114 e. The van der Waals surface area contributed by atoms with Gasteiger partial charge in [-0.25, -0.2) is 0 Å². The van der Waals surface area contributed by atoms with E-state index in [1.54, 1.807) is 0 Å². The predicted octanol–water partition coefficient (Wildman–Crippen LogP) is 4.59. The molecule has 2 aromatic rings. The highest BCUT2D eigenvalue weighted by atomic mass is 35.5. The fourth-order valence-electron chi connectivity index (χ4n) is 2.26. The van der Waals surface area contributed by atoms with Crippen molar-refractivity contribution in [2.45, 2.75) is 30.7 Å². The van der Waals surface area contributed by atoms with E-state index in [9.17, 15) is 0 Å². The minimum atomic E-state index is -0.689. The summed E-state index contributed by atoms with van der Waals surface area (Å²) in [5.41, 5.74) is 3.46. The molecule has 3 radical (unpaired) electrons. The summed E-state index contributed by atoms with van der Waals surface area (Å²) in [5, 5.41) is 0. The average molecular weight is 286 g/mol. The highest BCUT2D eigenvalue weighted by Crippen LogP contribution is 2.39. The first-order chi connectivity index (χ1) is 8.83. The summed E-state index contributed by atoms with van der Waals surface area (Å²) in [6, 6.07) is 18.4. The normalized spacial score (nSPS) is 15.0. The summed E-state index contributed by atoms with van der Waals surface area (Å²) >= 11 is 6.81. The van der Waals surface area contributed by atoms with Crippen LogP contribution in [0.5, 0.6) is 0 Å². The van der Waals surface area contributed by atoms with Crippen molar-refractivity contribution in [1.29, 1.82) is 0 Å². The second kappa shape index (κ2) is 5.14. The summed E-state index contributed by atoms with van der Waals surface area (Å²) in [6.07, 6.45) is 0. The number of alkyl halides is 1. The van der Waals surface area contributed by atoms with Crippen molar-refractivity contribution in [2.24, 2.45) is 0 Å². The topological polar surface area (TPSA) is 0 Å². The smallest absolute Gasteiger partial charge is 0.0776 e. The van der Waals surface area contributed by atoms with Crippen molar-refractivity contribution in [1.82, 2.24) is 0 Å². The van der Waals surface area contributed by atoms with Crippen LogP contribution in [0.4, 0.5) is 0 Å². The maximum absolute atomic E-state index is 6.81. The van der Waals surface area contributed by atoms with Gasteiger partial charge in [0.15, 0.2) is 0 Å². The molecule has 0 saturated heterocycles. The van der Waals surface area contributed by atoms with Crippen LogP contribution in [0.2, 0.25) is 0 Å². The van der Waals surface area contributed by atoms with Gasteiger partial charge in [0, 0.05) is 0 Å². The summed E-state index contributed by atoms with van der Waals surface area (Å²) < 4.78 is -0.689. The van der Waals surface area contributed by atoms with Crippen LogP contribution in [0.1, 0.15) is 37.5 Å². The number of benzene rings is 2. The Kier molecular flexibility index (Phi) is 3.89. The van der Waals surface area contributed by atoms with Crippen LogP contribution in [0.25, 0.3) is 0 Å². The molecule has 0 aliphatic heterocycles. The van der Waals surface area contributed by atoms with E-state index < -0.39 is 4.50 Å². The molecule has 0 aliphatic rings. The molecule has 1 unspecified atom stereocenters. The Morgan fingerprint density at radius 2 is 1.26 bits per heavy atom. The van der Waals surface area contributed by atoms with Gasteiger partial charge in [-0.3, -0.25) is 0 Å². The molecule has 0 aromatic heterocycles. The molecule has 0 aliphatic carbocycles. The first kappa shape index (κ1) is 14.4. The van der Waals surface area contributed by atoms with Gasteiger partial charge in [0.1, 0.15) is 0 Å². The van der Waals surface area contributed by atoms with Crippen LogP contribution < -0.4 is 0 Å². The molecule has 0 amide bonds. The van der Waals surface area contributed by atoms with E-state index in [-0.39, 0.29) is 5.41 Å². The van der Waals surface area contributed by atoms with Crippen molar-refractivity contribution in [3.63, 3.8) is 0 Å². The number of halogens is 1. The van der Waals surface area contributed by atoms with Crippen LogP contribution in [-0.4, -0.2) is 10.2 Å². The lowest BCUT2D eigenvalue weighted by molar-refractivity contribution is 0.581. The first-order valence-electron chi connectivity index (χ1n) is 6.43. The van der Waals surface area contributed by atoms with Crippen LogP contribution in [0.15, 0.2) is 54.6 Å². The minimum absolute atomic E-state index is 0.0537. The lowest BCUT2D eigenvalue weighted by Gasteiger charge is -2.31. The van der Waals surface area contributed by atoms with Crippen molar-refractivity contribution in [2.75, 3.05) is 0 Å². The molecule has 0 bridgehead atoms. The van der Waals surface area contributed by atoms with E-state index in [4.69, 9.17) is 11.6 Å². The molecule has 97 valence electrons. The van der Waals surface area contributed by atoms with Crippen LogP contribution in [-0.2, 0) is 9.91 Å². The molecule has 1 atom stereocenters. The number of hydrogen-bond acceptors (Lipinski definition) is 0. The summed E-state index contributed by atoms with van der Waals surface area (Å²) in [4.78, 5) is 0. The zero-order valence-electron chi connectivity index (χ0n) is 11.6. The van der Waals surface area contributed by atoms with Crippen LogP contribution in [0.3, 0.4) is 0 Å². The Bertz CT molecular complexity index is 553. The van der Waals surface area contributed by atoms with Gasteiger partial charge in [-0.1, -0.05) is 75.4 Å². The maximum Gasteiger partial charge on any atom is 0.0776 e. The third-order valence-electron chi connectivity index (χ3n) is 3.28. The van der Waals surface area contributed by atoms with Crippen molar-refractivity contribution >= 4 is 21.8 Å². The molecule has 2 heteroatoms. The Morgan fingerprint density at radius 3 is 1.79 bits per heavy atom. The molecule has 0 spiro atoms. The molecule has 0 saturated carbocycles. The van der Waals surface area contributed by atoms with E-state index in [2.05, 4.69) is 49.2 Å². The average Bonchev–Trinajstić information content (AvgIpc) is 2.39. The molecular formula is C17H18ClSi. The van der Waals surface area contributed by atoms with Gasteiger partial charge < -0.3 is 0 Å². The molecule has 19 heavy (non-hydrogen) atoms. The van der Waals surface area contributed by atoms with Gasteiger partial charge in [0.05, 0.1) is 14.7 Å². The van der Waals surface area contributed by atoms with Crippen LogP contribution >= 0.6 is 11.6 Å². The molecule has 0 nitrogen and oxygen atoms in total. The van der Waals surface area contributed by atoms with Gasteiger partial charge in [0.2, 0.25) is 0 Å². The minimum Gasteiger partial charge on any atom is -0.114 e. The second-order valence-electron chi connectivity index (χ2n) is 5.82. The third-order valence-corrected chi connectivity index (χ3v) is 4.26. The number of rotatable bonds is 2. The number of hydrogen-bond donors (Lipinski definition) is 0. The van der Waals surface area contributed by atoms with Crippen molar-refractivity contribution in [3.05, 3.63) is 71.3 Å². The second-order valence-corrected chi connectivity index (χ2v) is 7.45. The Hall–Kier alpha value is -1.05. The highest BCUT2D eigenvalue weighted by Gasteiger charge is 2.31. The fraction of sp³-hybridized carbons (Fsp3) is 0.294. The predicted molar refractivity (Wildman–Crippen MR) is 84.0 cm³/mol. The van der Waals surface area contributed by atoms with Gasteiger partial charge in [-0.15, -0.1) is 11.6 Å². The molecule has 0 fully saturated rings. The van der Waals surface area contributed by atoms with Crippen LogP contribution in [0, 0.1) is 0 Å². The molecule has 2 rings (SSSR count). The lowest BCUT2D eigenvalue weighted by Crippen LogP contribution is -2.26. The van der Waals surface area contributed by atoms with E-state index in [0.717, 1.165) is 11.1 Å². The lowest BCUT2D eigenvalue weighted by atomic mass is 9.82. The summed E-state index contributed by atoms with van der Waals surface area (Å²) in [7, 11) is 3.77. The zero-order chi connectivity index (χ0) is 14.1. The Morgan fingerprint density at radius 1 is 0.789 bits per heavy atom. The highest BCUT2D eigenvalue weighted by molar-refractivity contribution is 6.46.